The highest BCUT2D eigenvalue weighted by molar-refractivity contribution is 5.94. The number of rotatable bonds is 5. The van der Waals surface area contributed by atoms with Crippen molar-refractivity contribution in [1.82, 2.24) is 15.2 Å². The van der Waals surface area contributed by atoms with Crippen LogP contribution in [0.2, 0.25) is 0 Å². The molecule has 0 bridgehead atoms. The minimum Gasteiger partial charge on any atom is -0.382 e. The lowest BCUT2D eigenvalue weighted by molar-refractivity contribution is -0.384. The van der Waals surface area contributed by atoms with Gasteiger partial charge in [0.15, 0.2) is 0 Å². The van der Waals surface area contributed by atoms with Crippen LogP contribution >= 0.6 is 0 Å². The zero-order valence-corrected chi connectivity index (χ0v) is 12.6. The van der Waals surface area contributed by atoms with Gasteiger partial charge in [0.05, 0.1) is 4.92 Å². The van der Waals surface area contributed by atoms with Gasteiger partial charge in [0.2, 0.25) is 6.10 Å². The predicted octanol–water partition coefficient (Wildman–Crippen LogP) is 1.80. The molecule has 0 spiro atoms. The number of para-hydroxylation sites is 1. The molecule has 24 heavy (non-hydrogen) atoms. The molecule has 1 N–H and O–H groups in total. The fraction of sp³-hybridized carbons (Fsp3) is 0.133. The first kappa shape index (κ1) is 15.4. The van der Waals surface area contributed by atoms with Crippen LogP contribution in [0.15, 0.2) is 48.5 Å². The van der Waals surface area contributed by atoms with E-state index in [0.717, 1.165) is 0 Å². The van der Waals surface area contributed by atoms with E-state index in [2.05, 4.69) is 15.6 Å². The number of amides is 1. The van der Waals surface area contributed by atoms with Gasteiger partial charge in [0.1, 0.15) is 11.0 Å². The highest BCUT2D eigenvalue weighted by Gasteiger charge is 2.18. The standard InChI is InChI=1S/C15H13N5O4/c1-10(24-19-14-8-3-2-7-13(14)17-18-19)15(21)16-11-5-4-6-12(9-11)20(22)23/h2-10H,1H3,(H,16,21). The average molecular weight is 327 g/mol. The molecule has 1 aromatic heterocycles. The van der Waals surface area contributed by atoms with Crippen LogP contribution in [0.4, 0.5) is 11.4 Å². The first-order valence-corrected chi connectivity index (χ1v) is 7.07. The number of carbonyl (C=O) groups is 1. The van der Waals surface area contributed by atoms with Crippen LogP contribution in [0.5, 0.6) is 0 Å². The summed E-state index contributed by atoms with van der Waals surface area (Å²) >= 11 is 0. The van der Waals surface area contributed by atoms with Crippen molar-refractivity contribution < 1.29 is 14.6 Å². The van der Waals surface area contributed by atoms with Gasteiger partial charge in [-0.1, -0.05) is 23.0 Å². The summed E-state index contributed by atoms with van der Waals surface area (Å²) in [5, 5.41) is 21.1. The van der Waals surface area contributed by atoms with E-state index in [9.17, 15) is 14.9 Å². The SMILES string of the molecule is CC(On1nnc2ccccc21)C(=O)Nc1cccc([N+](=O)[O-])c1. The van der Waals surface area contributed by atoms with Crippen LogP contribution in [0.3, 0.4) is 0 Å². The molecule has 2 aromatic carbocycles. The third-order valence-corrected chi connectivity index (χ3v) is 3.27. The molecular formula is C15H13N5O4. The summed E-state index contributed by atoms with van der Waals surface area (Å²) in [7, 11) is 0. The Bertz CT molecular complexity index is 908. The van der Waals surface area contributed by atoms with E-state index in [1.807, 2.05) is 6.07 Å². The van der Waals surface area contributed by atoms with Gasteiger partial charge in [-0.05, 0) is 30.3 Å². The fourth-order valence-corrected chi connectivity index (χ4v) is 2.06. The van der Waals surface area contributed by atoms with Crippen LogP contribution < -0.4 is 10.2 Å². The number of aromatic nitrogens is 3. The normalized spacial score (nSPS) is 11.9. The van der Waals surface area contributed by atoms with E-state index in [-0.39, 0.29) is 5.69 Å². The largest absolute Gasteiger partial charge is 0.382 e. The third kappa shape index (κ3) is 3.14. The number of anilines is 1. The summed E-state index contributed by atoms with van der Waals surface area (Å²) in [6.07, 6.45) is -0.880. The molecule has 0 aliphatic rings. The summed E-state index contributed by atoms with van der Waals surface area (Å²) in [6, 6.07) is 12.8. The minimum atomic E-state index is -0.880. The zero-order chi connectivity index (χ0) is 17.1. The number of hydrogen-bond donors (Lipinski definition) is 1. The molecule has 1 unspecified atom stereocenters. The lowest BCUT2D eigenvalue weighted by Crippen LogP contribution is -2.35. The Hall–Kier alpha value is -3.49. The number of benzene rings is 2. The van der Waals surface area contributed by atoms with Crippen molar-refractivity contribution in [1.29, 1.82) is 0 Å². The topological polar surface area (TPSA) is 112 Å². The van der Waals surface area contributed by atoms with Crippen LogP contribution in [0, 0.1) is 10.1 Å². The van der Waals surface area contributed by atoms with Crippen LogP contribution in [-0.2, 0) is 4.79 Å². The van der Waals surface area contributed by atoms with Crippen LogP contribution in [0.25, 0.3) is 11.0 Å². The number of nitro groups is 1. The Kier molecular flexibility index (Phi) is 4.06. The van der Waals surface area contributed by atoms with E-state index in [4.69, 9.17) is 4.84 Å². The predicted molar refractivity (Wildman–Crippen MR) is 85.3 cm³/mol. The Balaban J connectivity index is 1.71. The van der Waals surface area contributed by atoms with Crippen molar-refractivity contribution in [2.75, 3.05) is 5.32 Å². The second kappa shape index (κ2) is 6.32. The molecule has 0 radical (unpaired) electrons. The smallest absolute Gasteiger partial charge is 0.271 e. The number of hydrogen-bond acceptors (Lipinski definition) is 6. The van der Waals surface area contributed by atoms with Crippen molar-refractivity contribution in [3.8, 4) is 0 Å². The summed E-state index contributed by atoms with van der Waals surface area (Å²) in [4.78, 5) is 29.1. The van der Waals surface area contributed by atoms with Gasteiger partial charge < -0.3 is 10.2 Å². The highest BCUT2D eigenvalue weighted by atomic mass is 16.7. The van der Waals surface area contributed by atoms with Crippen molar-refractivity contribution in [2.45, 2.75) is 13.0 Å². The molecule has 3 rings (SSSR count). The van der Waals surface area contributed by atoms with Gasteiger partial charge in [-0.25, -0.2) is 0 Å². The number of fused-ring (bicyclic) bond motifs is 1. The Labute approximate surface area is 135 Å². The molecule has 0 aliphatic carbocycles. The molecule has 1 amide bonds. The maximum absolute atomic E-state index is 12.2. The van der Waals surface area contributed by atoms with Gasteiger partial charge in [-0.15, -0.1) is 5.10 Å². The van der Waals surface area contributed by atoms with Crippen molar-refractivity contribution >= 4 is 28.3 Å². The molecule has 0 aliphatic heterocycles. The lowest BCUT2D eigenvalue weighted by atomic mass is 10.2. The van der Waals surface area contributed by atoms with Gasteiger partial charge >= 0.3 is 0 Å². The lowest BCUT2D eigenvalue weighted by Gasteiger charge is -2.13. The second-order valence-corrected chi connectivity index (χ2v) is 5.00. The Morgan fingerprint density at radius 1 is 1.29 bits per heavy atom. The number of nitro benzene ring substituents is 1. The first-order valence-electron chi connectivity index (χ1n) is 7.07. The van der Waals surface area contributed by atoms with Crippen molar-refractivity contribution in [2.24, 2.45) is 0 Å². The number of nitrogens with one attached hydrogen (secondary N) is 1. The molecule has 122 valence electrons. The molecule has 1 heterocycles. The second-order valence-electron chi connectivity index (χ2n) is 5.00. The summed E-state index contributed by atoms with van der Waals surface area (Å²) < 4.78 is 0. The fourth-order valence-electron chi connectivity index (χ4n) is 2.06. The van der Waals surface area contributed by atoms with Crippen LogP contribution in [-0.4, -0.2) is 32.1 Å². The van der Waals surface area contributed by atoms with Gasteiger partial charge in [0, 0.05) is 17.8 Å². The van der Waals surface area contributed by atoms with Crippen molar-refractivity contribution in [3.05, 3.63) is 58.6 Å². The Morgan fingerprint density at radius 2 is 2.08 bits per heavy atom. The number of carbonyl (C=O) groups excluding carboxylic acids is 1. The maximum atomic E-state index is 12.2. The highest BCUT2D eigenvalue weighted by Crippen LogP contribution is 2.17. The molecule has 1 atom stereocenters. The van der Waals surface area contributed by atoms with E-state index < -0.39 is 16.9 Å². The maximum Gasteiger partial charge on any atom is 0.271 e. The molecule has 0 fully saturated rings. The summed E-state index contributed by atoms with van der Waals surface area (Å²) in [5.41, 5.74) is 1.48. The molecule has 0 saturated heterocycles. The molecule has 9 heteroatoms. The monoisotopic (exact) mass is 327 g/mol. The average Bonchev–Trinajstić information content (AvgIpc) is 2.98. The van der Waals surface area contributed by atoms with E-state index in [1.54, 1.807) is 31.2 Å². The molecule has 9 nitrogen and oxygen atoms in total. The summed E-state index contributed by atoms with van der Waals surface area (Å²) in [5.74, 6) is -0.463. The molecule has 3 aromatic rings. The summed E-state index contributed by atoms with van der Waals surface area (Å²) in [6.45, 7) is 1.54. The quantitative estimate of drug-likeness (QED) is 0.565. The third-order valence-electron chi connectivity index (χ3n) is 3.27. The Morgan fingerprint density at radius 3 is 2.88 bits per heavy atom. The minimum absolute atomic E-state index is 0.108. The molecular weight excluding hydrogens is 314 g/mol. The van der Waals surface area contributed by atoms with E-state index in [0.29, 0.717) is 16.7 Å². The van der Waals surface area contributed by atoms with Gasteiger partial charge in [0.25, 0.3) is 11.6 Å². The number of nitrogens with zero attached hydrogens (tertiary/aromatic N) is 4. The van der Waals surface area contributed by atoms with Gasteiger partial charge in [-0.2, -0.15) is 0 Å². The first-order chi connectivity index (χ1) is 11.5. The zero-order valence-electron chi connectivity index (χ0n) is 12.6. The number of non-ortho nitro benzene ring substituents is 1. The van der Waals surface area contributed by atoms with Gasteiger partial charge in [-0.3, -0.25) is 14.9 Å². The van der Waals surface area contributed by atoms with E-state index in [1.165, 1.54) is 23.0 Å². The van der Waals surface area contributed by atoms with E-state index >= 15 is 0 Å². The van der Waals surface area contributed by atoms with Crippen LogP contribution in [0.1, 0.15) is 6.92 Å². The molecule has 0 saturated carbocycles. The van der Waals surface area contributed by atoms with Crippen molar-refractivity contribution in [3.63, 3.8) is 0 Å².